The Morgan fingerprint density at radius 3 is 2.84 bits per heavy atom. The van der Waals surface area contributed by atoms with Gasteiger partial charge in [0.05, 0.1) is 11.0 Å². The number of rotatable bonds is 6. The standard InChI is InChI=1S/C18H16N2O5/c1-3-12(2)24-18(21)14(11-19)10-16-7-8-17(25-16)13-5-4-6-15(9-13)20(22)23/h4-10,12H,3H2,1-2H3/b14-10-. The molecule has 128 valence electrons. The van der Waals surface area contributed by atoms with Crippen molar-refractivity contribution in [1.29, 1.82) is 5.26 Å². The van der Waals surface area contributed by atoms with Crippen molar-refractivity contribution in [2.24, 2.45) is 0 Å². The van der Waals surface area contributed by atoms with Crippen LogP contribution in [0.5, 0.6) is 0 Å². The van der Waals surface area contributed by atoms with E-state index >= 15 is 0 Å². The van der Waals surface area contributed by atoms with Crippen molar-refractivity contribution in [3.05, 3.63) is 57.8 Å². The number of carbonyl (C=O) groups excluding carboxylic acids is 1. The summed E-state index contributed by atoms with van der Waals surface area (Å²) >= 11 is 0. The Morgan fingerprint density at radius 2 is 2.20 bits per heavy atom. The first-order chi connectivity index (χ1) is 11.9. The van der Waals surface area contributed by atoms with Crippen LogP contribution in [0.25, 0.3) is 17.4 Å². The fourth-order valence-electron chi connectivity index (χ4n) is 1.97. The lowest BCUT2D eigenvalue weighted by atomic mass is 10.1. The van der Waals surface area contributed by atoms with Crippen LogP contribution in [-0.2, 0) is 9.53 Å². The fraction of sp³-hybridized carbons (Fsp3) is 0.222. The van der Waals surface area contributed by atoms with Crippen molar-refractivity contribution < 1.29 is 18.9 Å². The first-order valence-corrected chi connectivity index (χ1v) is 7.62. The number of esters is 1. The van der Waals surface area contributed by atoms with Crippen molar-refractivity contribution >= 4 is 17.7 Å². The third kappa shape index (κ3) is 4.54. The molecule has 0 fully saturated rings. The van der Waals surface area contributed by atoms with E-state index in [4.69, 9.17) is 14.4 Å². The van der Waals surface area contributed by atoms with Gasteiger partial charge < -0.3 is 9.15 Å². The molecule has 0 aliphatic rings. The van der Waals surface area contributed by atoms with Crippen LogP contribution < -0.4 is 0 Å². The smallest absolute Gasteiger partial charge is 0.349 e. The zero-order chi connectivity index (χ0) is 18.4. The van der Waals surface area contributed by atoms with Crippen LogP contribution in [0.2, 0.25) is 0 Å². The Kier molecular flexibility index (Phi) is 5.69. The average Bonchev–Trinajstić information content (AvgIpc) is 3.08. The monoisotopic (exact) mass is 340 g/mol. The lowest BCUT2D eigenvalue weighted by Gasteiger charge is -2.09. The van der Waals surface area contributed by atoms with Crippen LogP contribution in [0.4, 0.5) is 5.69 Å². The minimum Gasteiger partial charge on any atom is -0.459 e. The second kappa shape index (κ2) is 7.93. The molecule has 1 heterocycles. The Hall–Kier alpha value is -3.40. The third-order valence-corrected chi connectivity index (χ3v) is 3.48. The summed E-state index contributed by atoms with van der Waals surface area (Å²) in [6, 6.07) is 11.0. The summed E-state index contributed by atoms with van der Waals surface area (Å²) in [6.45, 7) is 3.60. The van der Waals surface area contributed by atoms with E-state index in [0.29, 0.717) is 17.7 Å². The van der Waals surface area contributed by atoms with Crippen LogP contribution in [-0.4, -0.2) is 17.0 Å². The number of nitro benzene ring substituents is 1. The molecule has 0 radical (unpaired) electrons. The van der Waals surface area contributed by atoms with Gasteiger partial charge in [-0.1, -0.05) is 19.1 Å². The molecule has 1 atom stereocenters. The van der Waals surface area contributed by atoms with E-state index in [-0.39, 0.29) is 23.1 Å². The van der Waals surface area contributed by atoms with E-state index in [1.807, 2.05) is 6.92 Å². The molecule has 0 saturated carbocycles. The van der Waals surface area contributed by atoms with E-state index in [2.05, 4.69) is 0 Å². The molecule has 0 saturated heterocycles. The van der Waals surface area contributed by atoms with Gasteiger partial charge in [0, 0.05) is 23.8 Å². The van der Waals surface area contributed by atoms with Gasteiger partial charge in [0.15, 0.2) is 0 Å². The predicted octanol–water partition coefficient (Wildman–Crippen LogP) is 4.10. The quantitative estimate of drug-likeness (QED) is 0.257. The summed E-state index contributed by atoms with van der Waals surface area (Å²) in [5, 5.41) is 20.0. The minimum absolute atomic E-state index is 0.0548. The number of benzene rings is 1. The Morgan fingerprint density at radius 1 is 1.44 bits per heavy atom. The van der Waals surface area contributed by atoms with Gasteiger partial charge in [-0.05, 0) is 25.5 Å². The van der Waals surface area contributed by atoms with E-state index < -0.39 is 10.9 Å². The Labute approximate surface area is 144 Å². The highest BCUT2D eigenvalue weighted by Crippen LogP contribution is 2.26. The number of nitriles is 1. The number of non-ortho nitro benzene ring substituents is 1. The zero-order valence-electron chi connectivity index (χ0n) is 13.8. The highest BCUT2D eigenvalue weighted by molar-refractivity contribution is 5.97. The van der Waals surface area contributed by atoms with Crippen molar-refractivity contribution in [2.75, 3.05) is 0 Å². The van der Waals surface area contributed by atoms with Crippen LogP contribution in [0.3, 0.4) is 0 Å². The molecule has 0 bridgehead atoms. The van der Waals surface area contributed by atoms with Crippen LogP contribution in [0.1, 0.15) is 26.0 Å². The number of furan rings is 1. The van der Waals surface area contributed by atoms with E-state index in [0.717, 1.165) is 0 Å². The lowest BCUT2D eigenvalue weighted by molar-refractivity contribution is -0.384. The Bertz CT molecular complexity index is 860. The van der Waals surface area contributed by atoms with Crippen molar-refractivity contribution in [3.63, 3.8) is 0 Å². The number of carbonyl (C=O) groups is 1. The zero-order valence-corrected chi connectivity index (χ0v) is 13.8. The summed E-state index contributed by atoms with van der Waals surface area (Å²) in [5.74, 6) is -0.0492. The average molecular weight is 340 g/mol. The summed E-state index contributed by atoms with van der Waals surface area (Å²) in [5.41, 5.74) is 0.288. The third-order valence-electron chi connectivity index (χ3n) is 3.48. The molecular formula is C18H16N2O5. The second-order valence-corrected chi connectivity index (χ2v) is 5.30. The second-order valence-electron chi connectivity index (χ2n) is 5.30. The van der Waals surface area contributed by atoms with Gasteiger partial charge in [-0.25, -0.2) is 4.79 Å². The molecule has 2 aromatic rings. The van der Waals surface area contributed by atoms with Gasteiger partial charge >= 0.3 is 5.97 Å². The molecule has 0 amide bonds. The van der Waals surface area contributed by atoms with E-state index in [9.17, 15) is 14.9 Å². The van der Waals surface area contributed by atoms with Crippen LogP contribution >= 0.6 is 0 Å². The van der Waals surface area contributed by atoms with Gasteiger partial charge in [-0.2, -0.15) is 5.26 Å². The summed E-state index contributed by atoms with van der Waals surface area (Å²) in [7, 11) is 0. The summed E-state index contributed by atoms with van der Waals surface area (Å²) < 4.78 is 10.7. The molecule has 0 aliphatic heterocycles. The normalized spacial score (nSPS) is 12.3. The number of hydrogen-bond acceptors (Lipinski definition) is 6. The maximum atomic E-state index is 11.9. The number of nitro groups is 1. The number of nitrogens with zero attached hydrogens (tertiary/aromatic N) is 2. The van der Waals surface area contributed by atoms with Gasteiger partial charge in [0.2, 0.25) is 0 Å². The van der Waals surface area contributed by atoms with Crippen molar-refractivity contribution in [1.82, 2.24) is 0 Å². The molecule has 1 aromatic heterocycles. The maximum absolute atomic E-state index is 11.9. The number of ether oxygens (including phenoxy) is 1. The SMILES string of the molecule is CCC(C)OC(=O)/C(C#N)=C\c1ccc(-c2cccc([N+](=O)[O-])c2)o1. The van der Waals surface area contributed by atoms with Gasteiger partial charge in [-0.3, -0.25) is 10.1 Å². The van der Waals surface area contributed by atoms with E-state index in [1.165, 1.54) is 18.2 Å². The summed E-state index contributed by atoms with van der Waals surface area (Å²) in [4.78, 5) is 22.3. The first-order valence-electron chi connectivity index (χ1n) is 7.62. The molecule has 2 rings (SSSR count). The molecule has 0 spiro atoms. The molecule has 0 aliphatic carbocycles. The first kappa shape index (κ1) is 17.9. The van der Waals surface area contributed by atoms with Crippen molar-refractivity contribution in [3.8, 4) is 17.4 Å². The van der Waals surface area contributed by atoms with Crippen LogP contribution in [0, 0.1) is 21.4 Å². The molecule has 7 nitrogen and oxygen atoms in total. The molecule has 7 heteroatoms. The molecule has 1 aromatic carbocycles. The van der Waals surface area contributed by atoms with Gasteiger partial charge in [0.1, 0.15) is 23.2 Å². The maximum Gasteiger partial charge on any atom is 0.349 e. The summed E-state index contributed by atoms with van der Waals surface area (Å²) in [6.07, 6.45) is 1.63. The molecule has 25 heavy (non-hydrogen) atoms. The van der Waals surface area contributed by atoms with E-state index in [1.54, 1.807) is 37.3 Å². The van der Waals surface area contributed by atoms with Gasteiger partial charge in [0.25, 0.3) is 5.69 Å². The van der Waals surface area contributed by atoms with Gasteiger partial charge in [-0.15, -0.1) is 0 Å². The minimum atomic E-state index is -0.717. The largest absolute Gasteiger partial charge is 0.459 e. The molecule has 0 N–H and O–H groups in total. The molecular weight excluding hydrogens is 324 g/mol. The van der Waals surface area contributed by atoms with Crippen LogP contribution in [0.15, 0.2) is 46.4 Å². The number of hydrogen-bond donors (Lipinski definition) is 0. The fourth-order valence-corrected chi connectivity index (χ4v) is 1.97. The lowest BCUT2D eigenvalue weighted by Crippen LogP contribution is -2.15. The van der Waals surface area contributed by atoms with Crippen molar-refractivity contribution in [2.45, 2.75) is 26.4 Å². The highest BCUT2D eigenvalue weighted by atomic mass is 16.6. The predicted molar refractivity (Wildman–Crippen MR) is 90.2 cm³/mol. The highest BCUT2D eigenvalue weighted by Gasteiger charge is 2.15. The topological polar surface area (TPSA) is 106 Å². The Balaban J connectivity index is 2.25. The molecule has 1 unspecified atom stereocenters.